The molecule has 1 amide bonds. The largest absolute Gasteiger partial charge is 0.489 e. The van der Waals surface area contributed by atoms with Crippen molar-refractivity contribution in [2.45, 2.75) is 90.9 Å². The summed E-state index contributed by atoms with van der Waals surface area (Å²) in [7, 11) is 0. The van der Waals surface area contributed by atoms with Crippen LogP contribution in [0.25, 0.3) is 10.8 Å². The summed E-state index contributed by atoms with van der Waals surface area (Å²) in [6.45, 7) is 9.92. The summed E-state index contributed by atoms with van der Waals surface area (Å²) < 4.78 is 12.6. The topological polar surface area (TPSA) is 80.4 Å². The molecule has 1 aliphatic rings. The normalized spacial score (nSPS) is 22.1. The van der Waals surface area contributed by atoms with E-state index in [2.05, 4.69) is 40.1 Å². The van der Waals surface area contributed by atoms with Crippen molar-refractivity contribution in [2.75, 3.05) is 0 Å². The van der Waals surface area contributed by atoms with Crippen LogP contribution in [-0.4, -0.2) is 28.8 Å². The lowest BCUT2D eigenvalue weighted by Crippen LogP contribution is -2.50. The summed E-state index contributed by atoms with van der Waals surface area (Å²) >= 11 is 9.95. The molecule has 2 N–H and O–H groups in total. The monoisotopic (exact) mass is 540 g/mol. The minimum atomic E-state index is -0.522. The van der Waals surface area contributed by atoms with Crippen LogP contribution in [0.15, 0.2) is 27.6 Å². The zero-order valence-corrected chi connectivity index (χ0v) is 22.4. The molecule has 0 radical (unpaired) electrons. The van der Waals surface area contributed by atoms with Gasteiger partial charge in [0.2, 0.25) is 0 Å². The van der Waals surface area contributed by atoms with Crippen molar-refractivity contribution in [2.24, 2.45) is 5.41 Å². The third-order valence-electron chi connectivity index (χ3n) is 6.67. The Kier molecular flexibility index (Phi) is 8.05. The van der Waals surface area contributed by atoms with Crippen LogP contribution in [0.5, 0.6) is 5.75 Å². The molecule has 33 heavy (non-hydrogen) atoms. The van der Waals surface area contributed by atoms with Crippen molar-refractivity contribution in [3.05, 3.63) is 38.2 Å². The molecule has 1 atom stereocenters. The Hall–Kier alpha value is -1.73. The Morgan fingerprint density at radius 2 is 1.94 bits per heavy atom. The summed E-state index contributed by atoms with van der Waals surface area (Å²) in [5, 5.41) is 4.85. The number of fused-ring (bicyclic) bond motifs is 1. The number of hydrogen-bond acceptors (Lipinski definition) is 4. The number of amides is 1. The van der Waals surface area contributed by atoms with E-state index in [1.807, 2.05) is 26.8 Å². The number of H-pyrrole nitrogens is 1. The highest BCUT2D eigenvalue weighted by Crippen LogP contribution is 2.45. The SMILES string of the molecule is CCC(NC(=O)OC(C)(C)C)C1(CC)CCC(Oc2cc3c(Br)c[nH]c(=O)c3cc2Cl)CC1. The molecule has 1 fully saturated rings. The lowest BCUT2D eigenvalue weighted by Gasteiger charge is -2.45. The second-order valence-electron chi connectivity index (χ2n) is 9.93. The number of pyridine rings is 1. The van der Waals surface area contributed by atoms with Gasteiger partial charge in [0.25, 0.3) is 5.56 Å². The number of halogens is 2. The molecular formula is C25H34BrClN2O4. The number of carbonyl (C=O) groups is 1. The highest BCUT2D eigenvalue weighted by Gasteiger charge is 2.41. The lowest BCUT2D eigenvalue weighted by atomic mass is 9.66. The molecule has 1 aromatic carbocycles. The number of carbonyl (C=O) groups excluding carboxylic acids is 1. The Labute approximate surface area is 208 Å². The first kappa shape index (κ1) is 25.9. The molecule has 1 aromatic heterocycles. The number of alkyl carbamates (subject to hydrolysis) is 1. The average Bonchev–Trinajstić information content (AvgIpc) is 2.75. The molecule has 1 heterocycles. The van der Waals surface area contributed by atoms with Gasteiger partial charge < -0.3 is 19.8 Å². The van der Waals surface area contributed by atoms with E-state index in [1.54, 1.807) is 12.3 Å². The van der Waals surface area contributed by atoms with Gasteiger partial charge in [-0.15, -0.1) is 0 Å². The van der Waals surface area contributed by atoms with Crippen molar-refractivity contribution >= 4 is 44.4 Å². The van der Waals surface area contributed by atoms with Gasteiger partial charge in [-0.3, -0.25) is 4.79 Å². The predicted octanol–water partition coefficient (Wildman–Crippen LogP) is 6.97. The van der Waals surface area contributed by atoms with Gasteiger partial charge in [0.15, 0.2) is 0 Å². The van der Waals surface area contributed by atoms with Crippen molar-refractivity contribution in [1.82, 2.24) is 10.3 Å². The van der Waals surface area contributed by atoms with Gasteiger partial charge in [-0.05, 0) is 92.8 Å². The summed E-state index contributed by atoms with van der Waals surface area (Å²) in [6, 6.07) is 3.54. The third-order valence-corrected chi connectivity index (χ3v) is 7.62. The smallest absolute Gasteiger partial charge is 0.407 e. The first-order valence-corrected chi connectivity index (χ1v) is 12.8. The Morgan fingerprint density at radius 1 is 1.27 bits per heavy atom. The van der Waals surface area contributed by atoms with E-state index in [0.717, 1.165) is 48.4 Å². The fraction of sp³-hybridized carbons (Fsp3) is 0.600. The van der Waals surface area contributed by atoms with Crippen LogP contribution in [0, 0.1) is 5.41 Å². The van der Waals surface area contributed by atoms with Crippen molar-refractivity contribution in [1.29, 1.82) is 0 Å². The molecule has 0 saturated heterocycles. The summed E-state index contributed by atoms with van der Waals surface area (Å²) in [4.78, 5) is 27.2. The van der Waals surface area contributed by atoms with Crippen LogP contribution in [0.4, 0.5) is 4.79 Å². The minimum Gasteiger partial charge on any atom is -0.489 e. The van der Waals surface area contributed by atoms with E-state index in [1.165, 1.54) is 0 Å². The van der Waals surface area contributed by atoms with Crippen molar-refractivity contribution < 1.29 is 14.3 Å². The van der Waals surface area contributed by atoms with Gasteiger partial charge in [0.05, 0.1) is 11.1 Å². The first-order valence-electron chi connectivity index (χ1n) is 11.6. The number of aromatic nitrogens is 1. The maximum Gasteiger partial charge on any atom is 0.407 e. The molecule has 3 rings (SSSR count). The quantitative estimate of drug-likeness (QED) is 0.414. The Bertz CT molecular complexity index is 1050. The number of hydrogen-bond donors (Lipinski definition) is 2. The molecular weight excluding hydrogens is 508 g/mol. The fourth-order valence-electron chi connectivity index (χ4n) is 4.86. The second kappa shape index (κ2) is 10.3. The second-order valence-corrected chi connectivity index (χ2v) is 11.2. The Morgan fingerprint density at radius 3 is 2.52 bits per heavy atom. The van der Waals surface area contributed by atoms with Crippen molar-refractivity contribution in [3.63, 3.8) is 0 Å². The van der Waals surface area contributed by atoms with E-state index in [9.17, 15) is 9.59 Å². The van der Waals surface area contributed by atoms with Crippen LogP contribution in [0.3, 0.4) is 0 Å². The molecule has 1 aliphatic carbocycles. The van der Waals surface area contributed by atoms with Crippen LogP contribution in [-0.2, 0) is 4.74 Å². The molecule has 2 aromatic rings. The Balaban J connectivity index is 1.71. The van der Waals surface area contributed by atoms with Crippen molar-refractivity contribution in [3.8, 4) is 5.75 Å². The van der Waals surface area contributed by atoms with Crippen LogP contribution in [0.1, 0.15) is 73.1 Å². The molecule has 8 heteroatoms. The number of ether oxygens (including phenoxy) is 2. The molecule has 1 unspecified atom stereocenters. The third kappa shape index (κ3) is 6.04. The van der Waals surface area contributed by atoms with Gasteiger partial charge in [-0.1, -0.05) is 25.4 Å². The van der Waals surface area contributed by atoms with Gasteiger partial charge in [0, 0.05) is 27.5 Å². The molecule has 0 aliphatic heterocycles. The zero-order chi connectivity index (χ0) is 24.4. The highest BCUT2D eigenvalue weighted by atomic mass is 79.9. The standard InChI is InChI=1S/C25H34BrClN2O4/c1-6-21(29-23(31)33-24(3,4)5)25(7-2)10-8-15(9-11-25)32-20-13-16-17(12-19(20)27)22(30)28-14-18(16)26/h12-15,21H,6-11H2,1-5H3,(H,28,30)(H,29,31). The van der Waals surface area contributed by atoms with Gasteiger partial charge in [-0.2, -0.15) is 0 Å². The molecule has 182 valence electrons. The van der Waals surface area contributed by atoms with E-state index >= 15 is 0 Å². The van der Waals surface area contributed by atoms with E-state index < -0.39 is 5.60 Å². The fourth-order valence-corrected chi connectivity index (χ4v) is 5.51. The summed E-state index contributed by atoms with van der Waals surface area (Å²) in [5.74, 6) is 0.586. The summed E-state index contributed by atoms with van der Waals surface area (Å²) in [6.07, 6.45) is 6.73. The number of aromatic amines is 1. The number of rotatable bonds is 6. The first-order chi connectivity index (χ1) is 15.5. The maximum atomic E-state index is 12.4. The number of nitrogens with one attached hydrogen (secondary N) is 2. The lowest BCUT2D eigenvalue weighted by molar-refractivity contribution is 0.0249. The predicted molar refractivity (Wildman–Crippen MR) is 136 cm³/mol. The van der Waals surface area contributed by atoms with E-state index in [4.69, 9.17) is 21.1 Å². The van der Waals surface area contributed by atoms with Gasteiger partial charge in [-0.25, -0.2) is 4.79 Å². The summed E-state index contributed by atoms with van der Waals surface area (Å²) in [5.41, 5.74) is -0.698. The molecule has 6 nitrogen and oxygen atoms in total. The minimum absolute atomic E-state index is 0.00894. The van der Waals surface area contributed by atoms with Crippen LogP contribution < -0.4 is 15.6 Å². The van der Waals surface area contributed by atoms with Crippen LogP contribution >= 0.6 is 27.5 Å². The van der Waals surface area contributed by atoms with Gasteiger partial charge in [0.1, 0.15) is 11.4 Å². The van der Waals surface area contributed by atoms with Crippen LogP contribution in [0.2, 0.25) is 5.02 Å². The maximum absolute atomic E-state index is 12.4. The van der Waals surface area contributed by atoms with Gasteiger partial charge >= 0.3 is 6.09 Å². The van der Waals surface area contributed by atoms with E-state index in [0.29, 0.717) is 16.2 Å². The zero-order valence-electron chi connectivity index (χ0n) is 20.0. The average molecular weight is 542 g/mol. The molecule has 0 bridgehead atoms. The van der Waals surface area contributed by atoms with E-state index in [-0.39, 0.29) is 29.2 Å². The number of benzene rings is 1. The molecule has 0 spiro atoms. The molecule has 1 saturated carbocycles. The highest BCUT2D eigenvalue weighted by molar-refractivity contribution is 9.10.